The van der Waals surface area contributed by atoms with Crippen molar-refractivity contribution in [3.63, 3.8) is 0 Å². The lowest BCUT2D eigenvalue weighted by molar-refractivity contribution is 0.0922. The van der Waals surface area contributed by atoms with Gasteiger partial charge in [-0.2, -0.15) is 0 Å². The number of aromatic nitrogens is 2. The number of carbonyl (C=O) groups is 1. The molecule has 3 N–H and O–H groups in total. The van der Waals surface area contributed by atoms with Crippen molar-refractivity contribution >= 4 is 23.6 Å². The zero-order chi connectivity index (χ0) is 19.1. The van der Waals surface area contributed by atoms with Gasteiger partial charge in [-0.25, -0.2) is 14.4 Å². The highest BCUT2D eigenvalue weighted by atomic mass is 32.2. The van der Waals surface area contributed by atoms with E-state index in [9.17, 15) is 9.18 Å². The Labute approximate surface area is 160 Å². The number of aryl methyl sites for hydroxylation is 1. The number of methoxy groups -OCH3 is 1. The molecule has 0 spiro atoms. The van der Waals surface area contributed by atoms with E-state index in [1.807, 2.05) is 6.08 Å². The Morgan fingerprint density at radius 3 is 2.89 bits per heavy atom. The molecule has 0 saturated carbocycles. The van der Waals surface area contributed by atoms with Crippen LogP contribution < -0.4 is 11.1 Å². The van der Waals surface area contributed by atoms with E-state index in [4.69, 9.17) is 10.5 Å². The average molecular weight is 386 g/mol. The first-order valence-corrected chi connectivity index (χ1v) is 9.48. The number of rotatable bonds is 3. The van der Waals surface area contributed by atoms with Crippen LogP contribution >= 0.6 is 11.8 Å². The molecular weight excluding hydrogens is 367 g/mol. The Hall–Kier alpha value is -2.61. The number of anilines is 1. The van der Waals surface area contributed by atoms with Crippen molar-refractivity contribution in [3.05, 3.63) is 63.3 Å². The highest BCUT2D eigenvalue weighted by molar-refractivity contribution is 8.03. The number of halogens is 1. The van der Waals surface area contributed by atoms with Gasteiger partial charge >= 0.3 is 0 Å². The number of thioether (sulfide) groups is 1. The van der Waals surface area contributed by atoms with Gasteiger partial charge in [0.1, 0.15) is 10.9 Å². The lowest BCUT2D eigenvalue weighted by Crippen LogP contribution is -2.37. The second kappa shape index (κ2) is 6.84. The summed E-state index contributed by atoms with van der Waals surface area (Å²) in [5.74, 6) is -0.381. The summed E-state index contributed by atoms with van der Waals surface area (Å²) in [5.41, 5.74) is 9.17. The average Bonchev–Trinajstić information content (AvgIpc) is 3.09. The maximum Gasteiger partial charge on any atom is 0.255 e. The summed E-state index contributed by atoms with van der Waals surface area (Å²) in [6.07, 6.45) is 3.22. The quantitative estimate of drug-likeness (QED) is 0.842. The summed E-state index contributed by atoms with van der Waals surface area (Å²) in [5, 5.41) is 3.88. The number of carbonyl (C=O) groups excluding carboxylic acids is 1. The van der Waals surface area contributed by atoms with Gasteiger partial charge in [0.15, 0.2) is 0 Å². The van der Waals surface area contributed by atoms with Crippen LogP contribution in [0.3, 0.4) is 0 Å². The molecule has 0 saturated heterocycles. The predicted molar refractivity (Wildman–Crippen MR) is 102 cm³/mol. The topological polar surface area (TPSA) is 90.1 Å². The first-order chi connectivity index (χ1) is 13.0. The van der Waals surface area contributed by atoms with E-state index in [0.717, 1.165) is 22.6 Å². The molecule has 1 aromatic carbocycles. The lowest BCUT2D eigenvalue weighted by Gasteiger charge is -2.29. The number of amides is 1. The van der Waals surface area contributed by atoms with Gasteiger partial charge in [0.05, 0.1) is 30.1 Å². The zero-order valence-corrected chi connectivity index (χ0v) is 15.8. The molecule has 2 aromatic rings. The summed E-state index contributed by atoms with van der Waals surface area (Å²) in [4.78, 5) is 21.0. The fraction of sp³-hybridized carbons (Fsp3) is 0.316. The van der Waals surface area contributed by atoms with Crippen LogP contribution in [0.15, 0.2) is 29.4 Å². The molecule has 1 amide bonds. The van der Waals surface area contributed by atoms with Gasteiger partial charge in [0, 0.05) is 11.7 Å². The van der Waals surface area contributed by atoms with Crippen LogP contribution in [0.4, 0.5) is 10.3 Å². The number of nitrogens with two attached hydrogens (primary N) is 1. The Bertz CT molecular complexity index is 963. The van der Waals surface area contributed by atoms with Crippen LogP contribution in [0.2, 0.25) is 0 Å². The van der Waals surface area contributed by atoms with Crippen LogP contribution in [0, 0.1) is 12.7 Å². The second-order valence-corrected chi connectivity index (χ2v) is 7.77. The fourth-order valence-corrected chi connectivity index (χ4v) is 4.76. The van der Waals surface area contributed by atoms with Gasteiger partial charge in [-0.1, -0.05) is 17.8 Å². The normalized spacial score (nSPS) is 21.4. The SMILES string of the molecule is COC1=CCC(c2cc(F)ccc2[C@H]2Cc3nc(N)nc(C)c3C(=O)N2)S1. The number of nitrogens with one attached hydrogen (secondary N) is 1. The number of allylic oxidation sites excluding steroid dienone is 1. The van der Waals surface area contributed by atoms with E-state index in [2.05, 4.69) is 15.3 Å². The van der Waals surface area contributed by atoms with Crippen molar-refractivity contribution in [2.45, 2.75) is 31.1 Å². The van der Waals surface area contributed by atoms with Gasteiger partial charge in [-0.3, -0.25) is 4.79 Å². The molecule has 1 unspecified atom stereocenters. The highest BCUT2D eigenvalue weighted by Gasteiger charge is 2.32. The molecular formula is C19H19FN4O2S. The first kappa shape index (κ1) is 17.8. The molecule has 0 radical (unpaired) electrons. The van der Waals surface area contributed by atoms with Gasteiger partial charge in [-0.05, 0) is 42.7 Å². The summed E-state index contributed by atoms with van der Waals surface area (Å²) in [6, 6.07) is 4.40. The zero-order valence-electron chi connectivity index (χ0n) is 15.0. The number of nitrogen functional groups attached to an aromatic ring is 1. The van der Waals surface area contributed by atoms with Gasteiger partial charge in [0.25, 0.3) is 5.91 Å². The lowest BCUT2D eigenvalue weighted by atomic mass is 9.89. The number of benzene rings is 1. The largest absolute Gasteiger partial charge is 0.491 e. The van der Waals surface area contributed by atoms with E-state index < -0.39 is 0 Å². The standard InChI is InChI=1S/C19H19FN4O2S/c1-9-17-14(24-19(21)22-9)8-13(23-18(17)25)11-4-3-10(20)7-12(11)15-5-6-16(26-2)27-15/h3-4,6-7,13,15H,5,8H2,1-2H3,(H,23,25)(H2,21,22,24)/t13-,15?/m1/s1. The van der Waals surface area contributed by atoms with E-state index in [0.29, 0.717) is 23.4 Å². The van der Waals surface area contributed by atoms with Crippen molar-refractivity contribution < 1.29 is 13.9 Å². The van der Waals surface area contributed by atoms with Gasteiger partial charge in [0.2, 0.25) is 5.95 Å². The van der Waals surface area contributed by atoms with Crippen molar-refractivity contribution in [1.82, 2.24) is 15.3 Å². The number of ether oxygens (including phenoxy) is 1. The van der Waals surface area contributed by atoms with Crippen LogP contribution in [-0.2, 0) is 11.2 Å². The van der Waals surface area contributed by atoms with E-state index in [-0.39, 0.29) is 29.0 Å². The molecule has 2 aliphatic rings. The minimum Gasteiger partial charge on any atom is -0.491 e. The number of hydrogen-bond acceptors (Lipinski definition) is 6. The van der Waals surface area contributed by atoms with Crippen LogP contribution in [0.1, 0.15) is 50.6 Å². The summed E-state index contributed by atoms with van der Waals surface area (Å²) >= 11 is 1.56. The highest BCUT2D eigenvalue weighted by Crippen LogP contribution is 2.46. The minimum atomic E-state index is -0.304. The molecule has 0 fully saturated rings. The smallest absolute Gasteiger partial charge is 0.255 e. The molecule has 0 bridgehead atoms. The number of fused-ring (bicyclic) bond motifs is 1. The molecule has 2 atom stereocenters. The van der Waals surface area contributed by atoms with Crippen LogP contribution in [0.25, 0.3) is 0 Å². The summed E-state index contributed by atoms with van der Waals surface area (Å²) in [7, 11) is 1.62. The fourth-order valence-electron chi connectivity index (χ4n) is 3.66. The molecule has 140 valence electrons. The maximum atomic E-state index is 14.0. The van der Waals surface area contributed by atoms with E-state index in [1.165, 1.54) is 6.07 Å². The van der Waals surface area contributed by atoms with Crippen LogP contribution in [-0.4, -0.2) is 23.0 Å². The Balaban J connectivity index is 1.71. The third-order valence-electron chi connectivity index (χ3n) is 4.84. The number of nitrogens with zero attached hydrogens (tertiary/aromatic N) is 2. The predicted octanol–water partition coefficient (Wildman–Crippen LogP) is 3.20. The third kappa shape index (κ3) is 3.25. The van der Waals surface area contributed by atoms with E-state index in [1.54, 1.807) is 37.9 Å². The third-order valence-corrected chi connectivity index (χ3v) is 6.14. The van der Waals surface area contributed by atoms with Crippen molar-refractivity contribution in [1.29, 1.82) is 0 Å². The number of hydrogen-bond donors (Lipinski definition) is 2. The molecule has 27 heavy (non-hydrogen) atoms. The minimum absolute atomic E-state index is 0.0427. The molecule has 4 rings (SSSR count). The summed E-state index contributed by atoms with van der Waals surface area (Å²) in [6.45, 7) is 1.74. The van der Waals surface area contributed by atoms with Crippen LogP contribution in [0.5, 0.6) is 0 Å². The maximum absolute atomic E-state index is 14.0. The van der Waals surface area contributed by atoms with Gasteiger partial charge < -0.3 is 15.8 Å². The van der Waals surface area contributed by atoms with Crippen molar-refractivity contribution in [2.75, 3.05) is 12.8 Å². The molecule has 0 aliphatic carbocycles. The van der Waals surface area contributed by atoms with Crippen molar-refractivity contribution in [3.8, 4) is 0 Å². The molecule has 8 heteroatoms. The van der Waals surface area contributed by atoms with Crippen molar-refractivity contribution in [2.24, 2.45) is 0 Å². The second-order valence-electron chi connectivity index (χ2n) is 6.56. The first-order valence-electron chi connectivity index (χ1n) is 8.60. The monoisotopic (exact) mass is 386 g/mol. The summed E-state index contributed by atoms with van der Waals surface area (Å²) < 4.78 is 19.3. The Morgan fingerprint density at radius 1 is 1.33 bits per heavy atom. The Morgan fingerprint density at radius 2 is 2.15 bits per heavy atom. The molecule has 2 aliphatic heterocycles. The Kier molecular flexibility index (Phi) is 4.51. The molecule has 1 aromatic heterocycles. The molecule has 6 nitrogen and oxygen atoms in total. The molecule has 3 heterocycles. The van der Waals surface area contributed by atoms with Gasteiger partial charge in [-0.15, -0.1) is 0 Å². The van der Waals surface area contributed by atoms with E-state index >= 15 is 0 Å².